The topological polar surface area (TPSA) is 76.7 Å². The Balaban J connectivity index is 1.39. The van der Waals surface area contributed by atoms with E-state index >= 15 is 0 Å². The van der Waals surface area contributed by atoms with Crippen molar-refractivity contribution in [2.75, 3.05) is 12.1 Å². The molecule has 25 heavy (non-hydrogen) atoms. The average Bonchev–Trinajstić information content (AvgIpc) is 3.35. The summed E-state index contributed by atoms with van der Waals surface area (Å²) in [5.41, 5.74) is -0.273. The first-order chi connectivity index (χ1) is 12.2. The standard InChI is InChI=1S/C19H24N2O4/c22-17(20-13-5-3-1-2-4-6-13)19(9-10-19)18(23)21-14-7-8-15-16(11-14)25-12-24-15/h7-8,11,13H,1-6,9-10,12H2,(H,20,22)(H,21,23). The van der Waals surface area contributed by atoms with E-state index in [2.05, 4.69) is 10.6 Å². The maximum Gasteiger partial charge on any atom is 0.240 e. The monoisotopic (exact) mass is 344 g/mol. The molecule has 1 aliphatic heterocycles. The average molecular weight is 344 g/mol. The van der Waals surface area contributed by atoms with E-state index in [1.807, 2.05) is 0 Å². The van der Waals surface area contributed by atoms with Crippen molar-refractivity contribution < 1.29 is 19.1 Å². The summed E-state index contributed by atoms with van der Waals surface area (Å²) in [6.45, 7) is 0.195. The minimum atomic E-state index is -0.900. The second kappa shape index (κ2) is 6.58. The fraction of sp³-hybridized carbons (Fsp3) is 0.579. The molecule has 2 aliphatic carbocycles. The predicted octanol–water partition coefficient (Wildman–Crippen LogP) is 2.97. The van der Waals surface area contributed by atoms with Gasteiger partial charge in [-0.2, -0.15) is 0 Å². The zero-order valence-electron chi connectivity index (χ0n) is 14.3. The van der Waals surface area contributed by atoms with Gasteiger partial charge in [-0.25, -0.2) is 0 Å². The first-order valence-electron chi connectivity index (χ1n) is 9.19. The number of rotatable bonds is 4. The van der Waals surface area contributed by atoms with E-state index < -0.39 is 5.41 Å². The SMILES string of the molecule is O=C(Nc1ccc2c(c1)OCO2)C1(C(=O)NC2CCCCCC2)CC1. The lowest BCUT2D eigenvalue weighted by molar-refractivity contribution is -0.134. The Hall–Kier alpha value is -2.24. The summed E-state index contributed by atoms with van der Waals surface area (Å²) in [4.78, 5) is 25.4. The summed E-state index contributed by atoms with van der Waals surface area (Å²) in [7, 11) is 0. The number of nitrogens with one attached hydrogen (secondary N) is 2. The molecule has 0 saturated heterocycles. The summed E-state index contributed by atoms with van der Waals surface area (Å²) in [6.07, 6.45) is 8.05. The van der Waals surface area contributed by atoms with Crippen LogP contribution in [0, 0.1) is 5.41 Å². The number of carbonyl (C=O) groups excluding carboxylic acids is 2. The lowest BCUT2D eigenvalue weighted by atomic mass is 10.0. The molecule has 0 aromatic heterocycles. The van der Waals surface area contributed by atoms with Gasteiger partial charge in [-0.3, -0.25) is 9.59 Å². The molecule has 1 heterocycles. The zero-order chi connectivity index (χ0) is 17.3. The van der Waals surface area contributed by atoms with Crippen LogP contribution in [0.4, 0.5) is 5.69 Å². The number of ether oxygens (including phenoxy) is 2. The first kappa shape index (κ1) is 16.2. The highest BCUT2D eigenvalue weighted by Gasteiger charge is 2.56. The molecule has 6 heteroatoms. The number of carbonyl (C=O) groups is 2. The Bertz CT molecular complexity index is 676. The Morgan fingerprint density at radius 3 is 2.40 bits per heavy atom. The van der Waals surface area contributed by atoms with Crippen LogP contribution in [0.1, 0.15) is 51.4 Å². The third kappa shape index (κ3) is 3.30. The van der Waals surface area contributed by atoms with Gasteiger partial charge in [-0.15, -0.1) is 0 Å². The number of hydrogen-bond acceptors (Lipinski definition) is 4. The second-order valence-electron chi connectivity index (χ2n) is 7.27. The smallest absolute Gasteiger partial charge is 0.240 e. The van der Waals surface area contributed by atoms with Crippen molar-refractivity contribution in [1.82, 2.24) is 5.32 Å². The molecular weight excluding hydrogens is 320 g/mol. The van der Waals surface area contributed by atoms with Crippen molar-refractivity contribution in [1.29, 1.82) is 0 Å². The minimum absolute atomic E-state index is 0.113. The third-order valence-corrected chi connectivity index (χ3v) is 5.44. The van der Waals surface area contributed by atoms with Crippen molar-refractivity contribution in [3.8, 4) is 11.5 Å². The van der Waals surface area contributed by atoms with Gasteiger partial charge in [0, 0.05) is 17.8 Å². The van der Waals surface area contributed by atoms with Gasteiger partial charge < -0.3 is 20.1 Å². The molecule has 0 spiro atoms. The molecule has 2 N–H and O–H groups in total. The first-order valence-corrected chi connectivity index (χ1v) is 9.19. The van der Waals surface area contributed by atoms with Crippen LogP contribution in [0.2, 0.25) is 0 Å². The zero-order valence-corrected chi connectivity index (χ0v) is 14.3. The molecule has 0 unspecified atom stereocenters. The molecular formula is C19H24N2O4. The fourth-order valence-corrected chi connectivity index (χ4v) is 3.65. The van der Waals surface area contributed by atoms with Crippen LogP contribution in [0.15, 0.2) is 18.2 Å². The summed E-state index contributed by atoms with van der Waals surface area (Å²) < 4.78 is 10.6. The van der Waals surface area contributed by atoms with Crippen molar-refractivity contribution in [2.24, 2.45) is 5.41 Å². The highest BCUT2D eigenvalue weighted by Crippen LogP contribution is 2.47. The Labute approximate surface area is 147 Å². The number of hydrogen-bond donors (Lipinski definition) is 2. The van der Waals surface area contributed by atoms with Gasteiger partial charge in [-0.1, -0.05) is 25.7 Å². The molecule has 2 fully saturated rings. The van der Waals surface area contributed by atoms with Crippen LogP contribution in [0.25, 0.3) is 0 Å². The van der Waals surface area contributed by atoms with E-state index in [0.717, 1.165) is 25.7 Å². The Morgan fingerprint density at radius 2 is 1.68 bits per heavy atom. The van der Waals surface area contributed by atoms with Crippen LogP contribution < -0.4 is 20.1 Å². The molecule has 4 rings (SSSR count). The summed E-state index contributed by atoms with van der Waals surface area (Å²) >= 11 is 0. The fourth-order valence-electron chi connectivity index (χ4n) is 3.65. The van der Waals surface area contributed by atoms with Gasteiger partial charge in [0.2, 0.25) is 18.6 Å². The van der Waals surface area contributed by atoms with Crippen molar-refractivity contribution in [3.63, 3.8) is 0 Å². The van der Waals surface area contributed by atoms with E-state index in [4.69, 9.17) is 9.47 Å². The molecule has 1 aromatic rings. The lowest BCUT2D eigenvalue weighted by Crippen LogP contribution is -2.44. The van der Waals surface area contributed by atoms with E-state index in [9.17, 15) is 9.59 Å². The predicted molar refractivity (Wildman–Crippen MR) is 92.5 cm³/mol. The largest absolute Gasteiger partial charge is 0.454 e. The molecule has 0 radical (unpaired) electrons. The van der Waals surface area contributed by atoms with Crippen molar-refractivity contribution in [2.45, 2.75) is 57.4 Å². The molecule has 6 nitrogen and oxygen atoms in total. The van der Waals surface area contributed by atoms with Gasteiger partial charge in [0.25, 0.3) is 0 Å². The maximum absolute atomic E-state index is 12.7. The van der Waals surface area contributed by atoms with Crippen LogP contribution >= 0.6 is 0 Å². The quantitative estimate of drug-likeness (QED) is 0.650. The number of fused-ring (bicyclic) bond motifs is 1. The molecule has 1 aromatic carbocycles. The number of amides is 2. The van der Waals surface area contributed by atoms with Gasteiger partial charge >= 0.3 is 0 Å². The molecule has 0 bridgehead atoms. The van der Waals surface area contributed by atoms with Crippen LogP contribution in [-0.4, -0.2) is 24.6 Å². The Morgan fingerprint density at radius 1 is 0.960 bits per heavy atom. The Kier molecular flexibility index (Phi) is 4.27. The molecule has 0 atom stereocenters. The normalized spacial score (nSPS) is 21.3. The van der Waals surface area contributed by atoms with Gasteiger partial charge in [-0.05, 0) is 37.8 Å². The molecule has 3 aliphatic rings. The lowest BCUT2D eigenvalue weighted by Gasteiger charge is -2.21. The van der Waals surface area contributed by atoms with E-state index in [1.165, 1.54) is 12.8 Å². The third-order valence-electron chi connectivity index (χ3n) is 5.44. The second-order valence-corrected chi connectivity index (χ2v) is 7.27. The summed E-state index contributed by atoms with van der Waals surface area (Å²) in [5.74, 6) is 0.950. The van der Waals surface area contributed by atoms with Gasteiger partial charge in [0.05, 0.1) is 0 Å². The molecule has 134 valence electrons. The summed E-state index contributed by atoms with van der Waals surface area (Å²) in [5, 5.41) is 6.00. The molecule has 2 amide bonds. The van der Waals surface area contributed by atoms with Crippen LogP contribution in [0.3, 0.4) is 0 Å². The minimum Gasteiger partial charge on any atom is -0.454 e. The highest BCUT2D eigenvalue weighted by molar-refractivity contribution is 6.13. The number of benzene rings is 1. The van der Waals surface area contributed by atoms with Gasteiger partial charge in [0.1, 0.15) is 5.41 Å². The van der Waals surface area contributed by atoms with Crippen LogP contribution in [-0.2, 0) is 9.59 Å². The highest BCUT2D eigenvalue weighted by atomic mass is 16.7. The van der Waals surface area contributed by atoms with Gasteiger partial charge in [0.15, 0.2) is 11.5 Å². The van der Waals surface area contributed by atoms with E-state index in [-0.39, 0.29) is 24.6 Å². The van der Waals surface area contributed by atoms with E-state index in [1.54, 1.807) is 18.2 Å². The maximum atomic E-state index is 12.7. The molecule has 2 saturated carbocycles. The van der Waals surface area contributed by atoms with E-state index in [0.29, 0.717) is 30.0 Å². The van der Waals surface area contributed by atoms with Crippen molar-refractivity contribution in [3.05, 3.63) is 18.2 Å². The summed E-state index contributed by atoms with van der Waals surface area (Å²) in [6, 6.07) is 5.48. The van der Waals surface area contributed by atoms with Crippen molar-refractivity contribution >= 4 is 17.5 Å². The van der Waals surface area contributed by atoms with Crippen LogP contribution in [0.5, 0.6) is 11.5 Å². The number of anilines is 1.